The molecule has 7 heteroatoms. The predicted octanol–water partition coefficient (Wildman–Crippen LogP) is 4.37. The molecular weight excluding hydrogens is 384 g/mol. The van der Waals surface area contributed by atoms with Gasteiger partial charge in [0.2, 0.25) is 11.7 Å². The minimum absolute atomic E-state index is 0.0587. The molecule has 1 N–H and O–H groups in total. The highest BCUT2D eigenvalue weighted by atomic mass is 32.2. The molecule has 0 aliphatic heterocycles. The fraction of sp³-hybridized carbons (Fsp3) is 0.409. The summed E-state index contributed by atoms with van der Waals surface area (Å²) in [6.45, 7) is 2.90. The van der Waals surface area contributed by atoms with E-state index in [0.29, 0.717) is 35.1 Å². The highest BCUT2D eigenvalue weighted by Crippen LogP contribution is 2.26. The molecule has 1 aromatic carbocycles. The zero-order valence-electron chi connectivity index (χ0n) is 16.6. The number of rotatable bonds is 7. The van der Waals surface area contributed by atoms with E-state index in [1.807, 2.05) is 34.9 Å². The molecule has 1 saturated carbocycles. The summed E-state index contributed by atoms with van der Waals surface area (Å²) in [6, 6.07) is 14.2. The molecule has 0 radical (unpaired) electrons. The van der Waals surface area contributed by atoms with Crippen LogP contribution >= 0.6 is 11.8 Å². The van der Waals surface area contributed by atoms with Crippen LogP contribution in [0.4, 0.5) is 0 Å². The summed E-state index contributed by atoms with van der Waals surface area (Å²) in [5.41, 5.74) is 1.14. The van der Waals surface area contributed by atoms with Crippen molar-refractivity contribution in [2.24, 2.45) is 5.92 Å². The van der Waals surface area contributed by atoms with Gasteiger partial charge in [0.15, 0.2) is 10.9 Å². The summed E-state index contributed by atoms with van der Waals surface area (Å²) < 4.78 is 7.54. The summed E-state index contributed by atoms with van der Waals surface area (Å²) in [6.07, 6.45) is 6.16. The van der Waals surface area contributed by atoms with E-state index in [-0.39, 0.29) is 5.91 Å². The van der Waals surface area contributed by atoms with E-state index in [1.54, 1.807) is 6.26 Å². The van der Waals surface area contributed by atoms with Crippen molar-refractivity contribution < 1.29 is 9.21 Å². The van der Waals surface area contributed by atoms with Crippen LogP contribution in [-0.4, -0.2) is 32.5 Å². The number of thioether (sulfide) groups is 1. The van der Waals surface area contributed by atoms with Gasteiger partial charge in [-0.15, -0.1) is 10.2 Å². The predicted molar refractivity (Wildman–Crippen MR) is 114 cm³/mol. The number of carbonyl (C=O) groups is 1. The average Bonchev–Trinajstić information content (AvgIpc) is 3.39. The molecule has 1 aliphatic rings. The topological polar surface area (TPSA) is 73.0 Å². The van der Waals surface area contributed by atoms with Crippen LogP contribution in [-0.2, 0) is 11.3 Å². The Morgan fingerprint density at radius 2 is 1.93 bits per heavy atom. The van der Waals surface area contributed by atoms with Crippen molar-refractivity contribution >= 4 is 17.7 Å². The van der Waals surface area contributed by atoms with Crippen LogP contribution in [0, 0.1) is 5.92 Å². The standard InChI is InChI=1S/C22H26N4O2S/c1-16-9-11-18(12-10-16)23-20(27)15-29-22-25-24-21(19-8-5-13-28-19)26(22)14-17-6-3-2-4-7-17/h2-8,13,16,18H,9-12,14-15H2,1H3,(H,23,27). The number of furan rings is 1. The minimum Gasteiger partial charge on any atom is -0.461 e. The number of nitrogens with zero attached hydrogens (tertiary/aromatic N) is 3. The third kappa shape index (κ3) is 5.09. The Bertz CT molecular complexity index is 916. The van der Waals surface area contributed by atoms with Crippen molar-refractivity contribution in [1.82, 2.24) is 20.1 Å². The Kier molecular flexibility index (Phi) is 6.34. The molecular formula is C22H26N4O2S. The van der Waals surface area contributed by atoms with Crippen molar-refractivity contribution in [3.8, 4) is 11.6 Å². The van der Waals surface area contributed by atoms with Gasteiger partial charge >= 0.3 is 0 Å². The lowest BCUT2D eigenvalue weighted by Gasteiger charge is -2.26. The van der Waals surface area contributed by atoms with Gasteiger partial charge in [-0.05, 0) is 49.3 Å². The highest BCUT2D eigenvalue weighted by molar-refractivity contribution is 7.99. The van der Waals surface area contributed by atoms with Crippen LogP contribution in [0.2, 0.25) is 0 Å². The first kappa shape index (κ1) is 19.8. The number of benzene rings is 1. The zero-order chi connectivity index (χ0) is 20.1. The Morgan fingerprint density at radius 1 is 1.14 bits per heavy atom. The number of amides is 1. The fourth-order valence-corrected chi connectivity index (χ4v) is 4.44. The normalized spacial score (nSPS) is 19.2. The van der Waals surface area contributed by atoms with Crippen LogP contribution < -0.4 is 5.32 Å². The van der Waals surface area contributed by atoms with Crippen LogP contribution in [0.5, 0.6) is 0 Å². The maximum absolute atomic E-state index is 12.5. The summed E-state index contributed by atoms with van der Waals surface area (Å²) >= 11 is 1.42. The SMILES string of the molecule is CC1CCC(NC(=O)CSc2nnc(-c3ccco3)n2Cc2ccccc2)CC1. The van der Waals surface area contributed by atoms with Crippen LogP contribution in [0.3, 0.4) is 0 Å². The second-order valence-corrected chi connectivity index (χ2v) is 8.61. The van der Waals surface area contributed by atoms with Gasteiger partial charge in [-0.2, -0.15) is 0 Å². The molecule has 2 aromatic heterocycles. The van der Waals surface area contributed by atoms with E-state index >= 15 is 0 Å². The third-order valence-corrected chi connectivity index (χ3v) is 6.32. The van der Waals surface area contributed by atoms with Crippen molar-refractivity contribution in [2.45, 2.75) is 50.4 Å². The van der Waals surface area contributed by atoms with E-state index in [1.165, 1.54) is 24.6 Å². The number of carbonyl (C=O) groups excluding carboxylic acids is 1. The zero-order valence-corrected chi connectivity index (χ0v) is 17.4. The Hall–Kier alpha value is -2.54. The van der Waals surface area contributed by atoms with Gasteiger partial charge in [-0.3, -0.25) is 9.36 Å². The smallest absolute Gasteiger partial charge is 0.230 e. The molecule has 3 aromatic rings. The Balaban J connectivity index is 1.44. The van der Waals surface area contributed by atoms with Crippen LogP contribution in [0.25, 0.3) is 11.6 Å². The lowest BCUT2D eigenvalue weighted by Crippen LogP contribution is -2.38. The molecule has 4 rings (SSSR count). The molecule has 6 nitrogen and oxygen atoms in total. The van der Waals surface area contributed by atoms with Crippen LogP contribution in [0.15, 0.2) is 58.3 Å². The first-order valence-corrected chi connectivity index (χ1v) is 11.1. The summed E-state index contributed by atoms with van der Waals surface area (Å²) in [4.78, 5) is 12.5. The van der Waals surface area contributed by atoms with E-state index in [2.05, 4.69) is 34.6 Å². The number of hydrogen-bond donors (Lipinski definition) is 1. The fourth-order valence-electron chi connectivity index (χ4n) is 3.70. The van der Waals surface area contributed by atoms with Crippen molar-refractivity contribution in [3.05, 3.63) is 54.3 Å². The third-order valence-electron chi connectivity index (χ3n) is 5.36. The van der Waals surface area contributed by atoms with E-state index in [0.717, 1.165) is 24.3 Å². The van der Waals surface area contributed by atoms with E-state index < -0.39 is 0 Å². The van der Waals surface area contributed by atoms with Gasteiger partial charge in [-0.1, -0.05) is 49.0 Å². The van der Waals surface area contributed by atoms with Crippen molar-refractivity contribution in [2.75, 3.05) is 5.75 Å². The molecule has 152 valence electrons. The molecule has 1 fully saturated rings. The average molecular weight is 411 g/mol. The largest absolute Gasteiger partial charge is 0.461 e. The molecule has 0 spiro atoms. The van der Waals surface area contributed by atoms with Gasteiger partial charge in [-0.25, -0.2) is 0 Å². The van der Waals surface area contributed by atoms with E-state index in [9.17, 15) is 4.79 Å². The molecule has 1 aliphatic carbocycles. The van der Waals surface area contributed by atoms with Crippen LogP contribution in [0.1, 0.15) is 38.2 Å². The summed E-state index contributed by atoms with van der Waals surface area (Å²) in [7, 11) is 0. The maximum Gasteiger partial charge on any atom is 0.230 e. The molecule has 29 heavy (non-hydrogen) atoms. The van der Waals surface area contributed by atoms with Gasteiger partial charge in [0.05, 0.1) is 18.6 Å². The van der Waals surface area contributed by atoms with E-state index in [4.69, 9.17) is 4.42 Å². The second-order valence-electron chi connectivity index (χ2n) is 7.67. The minimum atomic E-state index is 0.0587. The maximum atomic E-state index is 12.5. The van der Waals surface area contributed by atoms with Gasteiger partial charge in [0.1, 0.15) is 0 Å². The monoisotopic (exact) mass is 410 g/mol. The Morgan fingerprint density at radius 3 is 2.66 bits per heavy atom. The molecule has 0 saturated heterocycles. The first-order valence-electron chi connectivity index (χ1n) is 10.1. The quantitative estimate of drug-likeness (QED) is 0.586. The number of nitrogens with one attached hydrogen (secondary N) is 1. The van der Waals surface area contributed by atoms with Gasteiger partial charge < -0.3 is 9.73 Å². The Labute approximate surface area is 175 Å². The van der Waals surface area contributed by atoms with Gasteiger partial charge in [0.25, 0.3) is 0 Å². The molecule has 0 bridgehead atoms. The molecule has 2 heterocycles. The summed E-state index contributed by atoms with van der Waals surface area (Å²) in [5, 5.41) is 12.5. The van der Waals surface area contributed by atoms with Crippen molar-refractivity contribution in [3.63, 3.8) is 0 Å². The molecule has 0 unspecified atom stereocenters. The van der Waals surface area contributed by atoms with Crippen molar-refractivity contribution in [1.29, 1.82) is 0 Å². The lowest BCUT2D eigenvalue weighted by atomic mass is 9.87. The first-order chi connectivity index (χ1) is 14.2. The number of aromatic nitrogens is 3. The van der Waals surface area contributed by atoms with Gasteiger partial charge in [0, 0.05) is 6.04 Å². The highest BCUT2D eigenvalue weighted by Gasteiger charge is 2.21. The lowest BCUT2D eigenvalue weighted by molar-refractivity contribution is -0.119. The summed E-state index contributed by atoms with van der Waals surface area (Å²) in [5.74, 6) is 2.50. The second kappa shape index (κ2) is 9.31. The molecule has 1 amide bonds. The molecule has 0 atom stereocenters. The number of hydrogen-bond acceptors (Lipinski definition) is 5.